The molecule has 0 bridgehead atoms. The van der Waals surface area contributed by atoms with Crippen LogP contribution in [0.4, 0.5) is 0 Å². The molecule has 0 radical (unpaired) electrons. The van der Waals surface area contributed by atoms with Crippen LogP contribution in [0.25, 0.3) is 0 Å². The maximum absolute atomic E-state index is 11.8. The van der Waals surface area contributed by atoms with Crippen molar-refractivity contribution < 1.29 is 14.3 Å². The molecule has 0 aliphatic rings. The molecule has 0 fully saturated rings. The molecule has 1 rings (SSSR count). The second-order valence-corrected chi connectivity index (χ2v) is 4.47. The standard InChI is InChI=1S/C15H24N2O3/c1-19-10-11-20-9-3-2-8-17-15(18)14-6-4-13(12-16)5-7-14/h4-7H,2-3,8-12,16H2,1H3,(H,17,18). The zero-order chi connectivity index (χ0) is 14.6. The highest BCUT2D eigenvalue weighted by Gasteiger charge is 2.03. The Morgan fingerprint density at radius 1 is 1.15 bits per heavy atom. The molecule has 0 aliphatic heterocycles. The van der Waals surface area contributed by atoms with E-state index in [1.807, 2.05) is 12.1 Å². The molecule has 112 valence electrons. The van der Waals surface area contributed by atoms with Gasteiger partial charge in [-0.3, -0.25) is 4.79 Å². The second kappa shape index (κ2) is 10.4. The van der Waals surface area contributed by atoms with E-state index in [2.05, 4.69) is 5.32 Å². The van der Waals surface area contributed by atoms with Gasteiger partial charge < -0.3 is 20.5 Å². The first-order valence-electron chi connectivity index (χ1n) is 6.92. The number of nitrogens with two attached hydrogens (primary N) is 1. The number of unbranched alkanes of at least 4 members (excludes halogenated alkanes) is 1. The number of carbonyl (C=O) groups is 1. The van der Waals surface area contributed by atoms with Crippen LogP contribution in [0.3, 0.4) is 0 Å². The monoisotopic (exact) mass is 280 g/mol. The molecular formula is C15H24N2O3. The second-order valence-electron chi connectivity index (χ2n) is 4.47. The summed E-state index contributed by atoms with van der Waals surface area (Å²) in [5.74, 6) is -0.0473. The number of benzene rings is 1. The van der Waals surface area contributed by atoms with Crippen molar-refractivity contribution in [3.05, 3.63) is 35.4 Å². The number of carbonyl (C=O) groups excluding carboxylic acids is 1. The molecule has 1 aromatic rings. The number of rotatable bonds is 10. The van der Waals surface area contributed by atoms with Crippen molar-refractivity contribution >= 4 is 5.91 Å². The Hall–Kier alpha value is -1.43. The normalized spacial score (nSPS) is 10.5. The van der Waals surface area contributed by atoms with E-state index in [9.17, 15) is 4.79 Å². The molecule has 0 spiro atoms. The average molecular weight is 280 g/mol. The minimum atomic E-state index is -0.0473. The van der Waals surface area contributed by atoms with Gasteiger partial charge in [0.2, 0.25) is 0 Å². The van der Waals surface area contributed by atoms with E-state index < -0.39 is 0 Å². The number of ether oxygens (including phenoxy) is 2. The number of nitrogens with one attached hydrogen (secondary N) is 1. The van der Waals surface area contributed by atoms with E-state index >= 15 is 0 Å². The van der Waals surface area contributed by atoms with Gasteiger partial charge in [0.05, 0.1) is 13.2 Å². The van der Waals surface area contributed by atoms with Crippen LogP contribution in [0.1, 0.15) is 28.8 Å². The molecule has 0 heterocycles. The topological polar surface area (TPSA) is 73.6 Å². The van der Waals surface area contributed by atoms with E-state index in [0.717, 1.165) is 18.4 Å². The highest BCUT2D eigenvalue weighted by molar-refractivity contribution is 5.94. The van der Waals surface area contributed by atoms with Gasteiger partial charge in [0.1, 0.15) is 0 Å². The molecule has 20 heavy (non-hydrogen) atoms. The molecule has 0 aromatic heterocycles. The van der Waals surface area contributed by atoms with E-state index in [1.165, 1.54) is 0 Å². The Labute approximate surface area is 120 Å². The Kier molecular flexibility index (Phi) is 8.62. The predicted molar refractivity (Wildman–Crippen MR) is 78.6 cm³/mol. The van der Waals surface area contributed by atoms with E-state index in [4.69, 9.17) is 15.2 Å². The first-order valence-corrected chi connectivity index (χ1v) is 6.92. The van der Waals surface area contributed by atoms with Crippen LogP contribution >= 0.6 is 0 Å². The van der Waals surface area contributed by atoms with Gasteiger partial charge >= 0.3 is 0 Å². The fourth-order valence-electron chi connectivity index (χ4n) is 1.67. The molecule has 0 saturated carbocycles. The molecule has 0 saturated heterocycles. The predicted octanol–water partition coefficient (Wildman–Crippen LogP) is 1.32. The Bertz CT molecular complexity index is 379. The van der Waals surface area contributed by atoms with E-state index in [-0.39, 0.29) is 5.91 Å². The van der Waals surface area contributed by atoms with Crippen molar-refractivity contribution in [1.82, 2.24) is 5.32 Å². The maximum Gasteiger partial charge on any atom is 0.251 e. The van der Waals surface area contributed by atoms with Gasteiger partial charge in [0.25, 0.3) is 5.91 Å². The summed E-state index contributed by atoms with van der Waals surface area (Å²) in [6, 6.07) is 7.34. The summed E-state index contributed by atoms with van der Waals surface area (Å²) >= 11 is 0. The number of methoxy groups -OCH3 is 1. The van der Waals surface area contributed by atoms with Gasteiger partial charge in [-0.1, -0.05) is 12.1 Å². The number of hydrogen-bond donors (Lipinski definition) is 2. The summed E-state index contributed by atoms with van der Waals surface area (Å²) in [4.78, 5) is 11.8. The maximum atomic E-state index is 11.8. The summed E-state index contributed by atoms with van der Waals surface area (Å²) < 4.78 is 10.2. The first-order chi connectivity index (χ1) is 9.77. The largest absolute Gasteiger partial charge is 0.382 e. The lowest BCUT2D eigenvalue weighted by molar-refractivity contribution is 0.0686. The van der Waals surface area contributed by atoms with Crippen molar-refractivity contribution in [2.24, 2.45) is 5.73 Å². The summed E-state index contributed by atoms with van der Waals surface area (Å²) in [5.41, 5.74) is 7.20. The molecule has 0 unspecified atom stereocenters. The zero-order valence-corrected chi connectivity index (χ0v) is 12.1. The molecule has 5 nitrogen and oxygen atoms in total. The van der Waals surface area contributed by atoms with Gasteiger partial charge in [-0.2, -0.15) is 0 Å². The van der Waals surface area contributed by atoms with Crippen molar-refractivity contribution in [3.8, 4) is 0 Å². The fourth-order valence-corrected chi connectivity index (χ4v) is 1.67. The van der Waals surface area contributed by atoms with Gasteiger partial charge in [-0.25, -0.2) is 0 Å². The lowest BCUT2D eigenvalue weighted by atomic mass is 10.1. The summed E-state index contributed by atoms with van der Waals surface area (Å²) in [7, 11) is 1.65. The molecule has 0 aliphatic carbocycles. The molecule has 5 heteroatoms. The van der Waals surface area contributed by atoms with E-state index in [1.54, 1.807) is 19.2 Å². The van der Waals surface area contributed by atoms with Crippen molar-refractivity contribution in [1.29, 1.82) is 0 Å². The highest BCUT2D eigenvalue weighted by atomic mass is 16.5. The third kappa shape index (κ3) is 6.65. The van der Waals surface area contributed by atoms with Crippen molar-refractivity contribution in [2.45, 2.75) is 19.4 Å². The molecule has 1 amide bonds. The SMILES string of the molecule is COCCOCCCCNC(=O)c1ccc(CN)cc1. The number of hydrogen-bond acceptors (Lipinski definition) is 4. The van der Waals surface area contributed by atoms with E-state index in [0.29, 0.717) is 38.5 Å². The van der Waals surface area contributed by atoms with Crippen molar-refractivity contribution in [3.63, 3.8) is 0 Å². The van der Waals surface area contributed by atoms with Crippen LogP contribution < -0.4 is 11.1 Å². The molecule has 1 aromatic carbocycles. The number of amides is 1. The molecule has 0 atom stereocenters. The summed E-state index contributed by atoms with van der Waals surface area (Å²) in [6.45, 7) is 3.09. The molecule has 3 N–H and O–H groups in total. The third-order valence-corrected chi connectivity index (χ3v) is 2.88. The zero-order valence-electron chi connectivity index (χ0n) is 12.1. The summed E-state index contributed by atoms with van der Waals surface area (Å²) in [5, 5.41) is 2.89. The lowest BCUT2D eigenvalue weighted by Gasteiger charge is -2.06. The Morgan fingerprint density at radius 3 is 2.55 bits per heavy atom. The molecular weight excluding hydrogens is 256 g/mol. The summed E-state index contributed by atoms with van der Waals surface area (Å²) in [6.07, 6.45) is 1.83. The highest BCUT2D eigenvalue weighted by Crippen LogP contribution is 2.03. The Morgan fingerprint density at radius 2 is 1.90 bits per heavy atom. The van der Waals surface area contributed by atoms with Gasteiger partial charge in [-0.15, -0.1) is 0 Å². The van der Waals surface area contributed by atoms with Gasteiger partial charge in [0, 0.05) is 32.4 Å². The minimum absolute atomic E-state index is 0.0473. The smallest absolute Gasteiger partial charge is 0.251 e. The van der Waals surface area contributed by atoms with Crippen molar-refractivity contribution in [2.75, 3.05) is 33.5 Å². The minimum Gasteiger partial charge on any atom is -0.382 e. The van der Waals surface area contributed by atoms with Crippen LogP contribution in [-0.4, -0.2) is 39.4 Å². The average Bonchev–Trinajstić information content (AvgIpc) is 2.50. The van der Waals surface area contributed by atoms with Crippen LogP contribution in [0.2, 0.25) is 0 Å². The van der Waals surface area contributed by atoms with Gasteiger partial charge in [0.15, 0.2) is 0 Å². The first kappa shape index (κ1) is 16.6. The van der Waals surface area contributed by atoms with Gasteiger partial charge in [-0.05, 0) is 30.5 Å². The van der Waals surface area contributed by atoms with Crippen LogP contribution in [-0.2, 0) is 16.0 Å². The third-order valence-electron chi connectivity index (χ3n) is 2.88. The quantitative estimate of drug-likeness (QED) is 0.634. The fraction of sp³-hybridized carbons (Fsp3) is 0.533. The van der Waals surface area contributed by atoms with Crippen LogP contribution in [0.5, 0.6) is 0 Å². The van der Waals surface area contributed by atoms with Crippen LogP contribution in [0, 0.1) is 0 Å². The van der Waals surface area contributed by atoms with Crippen LogP contribution in [0.15, 0.2) is 24.3 Å². The Balaban J connectivity index is 2.10. The lowest BCUT2D eigenvalue weighted by Crippen LogP contribution is -2.24.